The highest BCUT2D eigenvalue weighted by Crippen LogP contribution is 2.35. The average Bonchev–Trinajstić information content (AvgIpc) is 2.57. The van der Waals surface area contributed by atoms with Crippen LogP contribution >= 0.6 is 0 Å². The van der Waals surface area contributed by atoms with Gasteiger partial charge in [0.15, 0.2) is 17.5 Å². The van der Waals surface area contributed by atoms with Crippen molar-refractivity contribution in [2.24, 2.45) is 4.99 Å². The zero-order chi connectivity index (χ0) is 16.7. The molecule has 0 fully saturated rings. The standard InChI is InChI=1S/C18H27N3O2/c1-5-9-20-17(19-6-2)21-13-18(3,4)14-7-8-15-16(12-14)23-11-10-22-15/h5,7-8,12H,1,6,9-11,13H2,2-4H3,(H2,19,20,21). The summed E-state index contributed by atoms with van der Waals surface area (Å²) in [5, 5.41) is 6.46. The van der Waals surface area contributed by atoms with Crippen molar-refractivity contribution in [2.75, 3.05) is 32.8 Å². The predicted molar refractivity (Wildman–Crippen MR) is 94.6 cm³/mol. The van der Waals surface area contributed by atoms with E-state index in [2.05, 4.69) is 55.1 Å². The zero-order valence-corrected chi connectivity index (χ0v) is 14.3. The average molecular weight is 317 g/mol. The van der Waals surface area contributed by atoms with Gasteiger partial charge in [0, 0.05) is 18.5 Å². The summed E-state index contributed by atoms with van der Waals surface area (Å²) in [7, 11) is 0. The lowest BCUT2D eigenvalue weighted by molar-refractivity contribution is 0.171. The first kappa shape index (κ1) is 17.2. The van der Waals surface area contributed by atoms with Crippen molar-refractivity contribution in [3.8, 4) is 11.5 Å². The lowest BCUT2D eigenvalue weighted by Crippen LogP contribution is -2.38. The van der Waals surface area contributed by atoms with Gasteiger partial charge in [0.05, 0.1) is 6.54 Å². The number of nitrogens with zero attached hydrogens (tertiary/aromatic N) is 1. The Morgan fingerprint density at radius 1 is 1.26 bits per heavy atom. The lowest BCUT2D eigenvalue weighted by Gasteiger charge is -2.26. The molecular weight excluding hydrogens is 290 g/mol. The van der Waals surface area contributed by atoms with Gasteiger partial charge in [0.2, 0.25) is 0 Å². The van der Waals surface area contributed by atoms with E-state index in [1.54, 1.807) is 0 Å². The van der Waals surface area contributed by atoms with Crippen LogP contribution in [0.5, 0.6) is 11.5 Å². The summed E-state index contributed by atoms with van der Waals surface area (Å²) in [6.07, 6.45) is 1.82. The SMILES string of the molecule is C=CCNC(=NCC(C)(C)c1ccc2c(c1)OCCO2)NCC. The summed E-state index contributed by atoms with van der Waals surface area (Å²) in [5.41, 5.74) is 1.08. The van der Waals surface area contributed by atoms with Gasteiger partial charge in [-0.2, -0.15) is 0 Å². The minimum atomic E-state index is -0.105. The fourth-order valence-electron chi connectivity index (χ4n) is 2.34. The molecule has 0 atom stereocenters. The number of benzene rings is 1. The van der Waals surface area contributed by atoms with E-state index in [1.165, 1.54) is 5.56 Å². The molecule has 5 nitrogen and oxygen atoms in total. The maximum absolute atomic E-state index is 5.68. The Balaban J connectivity index is 2.11. The highest BCUT2D eigenvalue weighted by atomic mass is 16.6. The Bertz CT molecular complexity index is 567. The van der Waals surface area contributed by atoms with E-state index < -0.39 is 0 Å². The molecule has 0 bridgehead atoms. The van der Waals surface area contributed by atoms with Crippen LogP contribution in [0.2, 0.25) is 0 Å². The molecule has 1 heterocycles. The fourth-order valence-corrected chi connectivity index (χ4v) is 2.34. The molecule has 1 aliphatic rings. The molecule has 0 aliphatic carbocycles. The smallest absolute Gasteiger partial charge is 0.191 e. The zero-order valence-electron chi connectivity index (χ0n) is 14.3. The molecule has 0 saturated carbocycles. The van der Waals surface area contributed by atoms with E-state index in [9.17, 15) is 0 Å². The summed E-state index contributed by atoms with van der Waals surface area (Å²) >= 11 is 0. The van der Waals surface area contributed by atoms with E-state index in [1.807, 2.05) is 12.1 Å². The third-order valence-electron chi connectivity index (χ3n) is 3.71. The van der Waals surface area contributed by atoms with Crippen LogP contribution in [-0.4, -0.2) is 38.8 Å². The van der Waals surface area contributed by atoms with Crippen LogP contribution in [0.25, 0.3) is 0 Å². The summed E-state index contributed by atoms with van der Waals surface area (Å²) in [4.78, 5) is 4.69. The molecular formula is C18H27N3O2. The van der Waals surface area contributed by atoms with E-state index in [0.29, 0.717) is 26.3 Å². The molecule has 0 saturated heterocycles. The van der Waals surface area contributed by atoms with E-state index >= 15 is 0 Å². The molecule has 1 aromatic rings. The molecule has 126 valence electrons. The normalized spacial score (nSPS) is 14.3. The third-order valence-corrected chi connectivity index (χ3v) is 3.71. The number of guanidine groups is 1. The molecule has 0 radical (unpaired) electrons. The minimum absolute atomic E-state index is 0.105. The van der Waals surface area contributed by atoms with Crippen molar-refractivity contribution in [3.05, 3.63) is 36.4 Å². The summed E-state index contributed by atoms with van der Waals surface area (Å²) in [6, 6.07) is 6.14. The lowest BCUT2D eigenvalue weighted by atomic mass is 9.84. The van der Waals surface area contributed by atoms with E-state index in [0.717, 1.165) is 24.0 Å². The second-order valence-electron chi connectivity index (χ2n) is 6.11. The second-order valence-corrected chi connectivity index (χ2v) is 6.11. The van der Waals surface area contributed by atoms with Gasteiger partial charge >= 0.3 is 0 Å². The van der Waals surface area contributed by atoms with Crippen LogP contribution in [0.15, 0.2) is 35.8 Å². The summed E-state index contributed by atoms with van der Waals surface area (Å²) < 4.78 is 11.3. The van der Waals surface area contributed by atoms with E-state index in [-0.39, 0.29) is 5.41 Å². The van der Waals surface area contributed by atoms with Gasteiger partial charge < -0.3 is 20.1 Å². The van der Waals surface area contributed by atoms with Gasteiger partial charge in [-0.05, 0) is 24.6 Å². The van der Waals surface area contributed by atoms with Gasteiger partial charge in [0.25, 0.3) is 0 Å². The first-order valence-electron chi connectivity index (χ1n) is 8.10. The molecule has 23 heavy (non-hydrogen) atoms. The first-order chi connectivity index (χ1) is 11.1. The Labute approximate surface area is 138 Å². The van der Waals surface area contributed by atoms with E-state index in [4.69, 9.17) is 9.47 Å². The van der Waals surface area contributed by atoms with Crippen LogP contribution in [0.3, 0.4) is 0 Å². The molecule has 5 heteroatoms. The Morgan fingerprint density at radius 3 is 2.70 bits per heavy atom. The molecule has 0 aromatic heterocycles. The topological polar surface area (TPSA) is 54.9 Å². The molecule has 0 spiro atoms. The Hall–Kier alpha value is -2.17. The van der Waals surface area contributed by atoms with Crippen LogP contribution in [-0.2, 0) is 5.41 Å². The quantitative estimate of drug-likeness (QED) is 0.481. The number of aliphatic imine (C=N–C) groups is 1. The first-order valence-corrected chi connectivity index (χ1v) is 8.10. The maximum atomic E-state index is 5.68. The fraction of sp³-hybridized carbons (Fsp3) is 0.500. The molecule has 2 rings (SSSR count). The Morgan fingerprint density at radius 2 is 2.00 bits per heavy atom. The van der Waals surface area contributed by atoms with Crippen LogP contribution in [0, 0.1) is 0 Å². The van der Waals surface area contributed by atoms with Gasteiger partial charge in [-0.15, -0.1) is 6.58 Å². The van der Waals surface area contributed by atoms with Crippen LogP contribution < -0.4 is 20.1 Å². The third kappa shape index (κ3) is 4.65. The number of rotatable bonds is 6. The Kier molecular flexibility index (Phi) is 5.90. The predicted octanol–water partition coefficient (Wildman–Crippen LogP) is 2.48. The monoisotopic (exact) mass is 317 g/mol. The van der Waals surface area contributed by atoms with Gasteiger partial charge in [0.1, 0.15) is 13.2 Å². The van der Waals surface area contributed by atoms with Gasteiger partial charge in [-0.25, -0.2) is 0 Å². The molecule has 1 aromatic carbocycles. The summed E-state index contributed by atoms with van der Waals surface area (Å²) in [6.45, 7) is 13.5. The van der Waals surface area contributed by atoms with Gasteiger partial charge in [-0.1, -0.05) is 26.0 Å². The van der Waals surface area contributed by atoms with Crippen molar-refractivity contribution >= 4 is 5.96 Å². The number of hydrogen-bond acceptors (Lipinski definition) is 3. The highest BCUT2D eigenvalue weighted by Gasteiger charge is 2.23. The van der Waals surface area contributed by atoms with Crippen LogP contribution in [0.1, 0.15) is 26.3 Å². The number of ether oxygens (including phenoxy) is 2. The summed E-state index contributed by atoms with van der Waals surface area (Å²) in [5.74, 6) is 2.45. The van der Waals surface area contributed by atoms with Crippen molar-refractivity contribution in [3.63, 3.8) is 0 Å². The minimum Gasteiger partial charge on any atom is -0.486 e. The molecule has 2 N–H and O–H groups in total. The highest BCUT2D eigenvalue weighted by molar-refractivity contribution is 5.79. The number of fused-ring (bicyclic) bond motifs is 1. The second kappa shape index (κ2) is 7.90. The van der Waals surface area contributed by atoms with Crippen molar-refractivity contribution in [1.82, 2.24) is 10.6 Å². The molecule has 0 amide bonds. The number of nitrogens with one attached hydrogen (secondary N) is 2. The largest absolute Gasteiger partial charge is 0.486 e. The number of hydrogen-bond donors (Lipinski definition) is 2. The maximum Gasteiger partial charge on any atom is 0.191 e. The van der Waals surface area contributed by atoms with Crippen molar-refractivity contribution in [2.45, 2.75) is 26.2 Å². The van der Waals surface area contributed by atoms with Crippen molar-refractivity contribution in [1.29, 1.82) is 0 Å². The van der Waals surface area contributed by atoms with Crippen LogP contribution in [0.4, 0.5) is 0 Å². The molecule has 1 aliphatic heterocycles. The van der Waals surface area contributed by atoms with Gasteiger partial charge in [-0.3, -0.25) is 4.99 Å². The van der Waals surface area contributed by atoms with Crippen molar-refractivity contribution < 1.29 is 9.47 Å². The molecule has 0 unspecified atom stereocenters.